The fourth-order valence-electron chi connectivity index (χ4n) is 3.63. The number of esters is 1. The van der Waals surface area contributed by atoms with Gasteiger partial charge in [0, 0.05) is 31.2 Å². The van der Waals surface area contributed by atoms with Gasteiger partial charge < -0.3 is 44.0 Å². The number of nitrogens with zero attached hydrogens (tertiary/aromatic N) is 1. The van der Waals surface area contributed by atoms with Gasteiger partial charge in [0.25, 0.3) is 5.91 Å². The van der Waals surface area contributed by atoms with Crippen molar-refractivity contribution < 1.29 is 47.6 Å². The lowest BCUT2D eigenvalue weighted by Crippen LogP contribution is -2.49. The third kappa shape index (κ3) is 9.52. The molecule has 13 nitrogen and oxygen atoms in total. The second-order valence-corrected chi connectivity index (χ2v) is 9.40. The summed E-state index contributed by atoms with van der Waals surface area (Å²) in [5.41, 5.74) is -0.335. The van der Waals surface area contributed by atoms with E-state index in [1.807, 2.05) is 0 Å². The highest BCUT2D eigenvalue weighted by Gasteiger charge is 2.27. The molecule has 0 aliphatic carbocycles. The van der Waals surface area contributed by atoms with Crippen molar-refractivity contribution in [2.45, 2.75) is 51.7 Å². The molecule has 13 heteroatoms. The van der Waals surface area contributed by atoms with E-state index in [1.165, 1.54) is 26.2 Å². The van der Waals surface area contributed by atoms with Crippen molar-refractivity contribution in [1.82, 2.24) is 15.5 Å². The van der Waals surface area contributed by atoms with Crippen molar-refractivity contribution in [3.8, 4) is 17.2 Å². The molecule has 1 fully saturated rings. The van der Waals surface area contributed by atoms with E-state index in [2.05, 4.69) is 10.6 Å². The molecule has 0 bridgehead atoms. The van der Waals surface area contributed by atoms with Gasteiger partial charge in [-0.25, -0.2) is 9.59 Å². The molecule has 1 aromatic carbocycles. The quantitative estimate of drug-likeness (QED) is 0.335. The van der Waals surface area contributed by atoms with Crippen LogP contribution in [0.3, 0.4) is 0 Å². The minimum atomic E-state index is -0.670. The molecule has 1 heterocycles. The molecule has 0 radical (unpaired) electrons. The number of nitrogens with one attached hydrogen (secondary N) is 2. The standard InChI is InChI=1S/C25H37N3O10/c1-25(2,3)38-23(31)26-10-9-20(29)36-15-37-24(32)28-11-7-8-17(14-28)27-22(30)16-12-18(33-4)21(35-6)19(13-16)34-5/h12-13,17H,7-11,14-15H2,1-6H3,(H,26,31)(H,27,30). The molecule has 0 aromatic heterocycles. The van der Waals surface area contributed by atoms with Gasteiger partial charge in [0.2, 0.25) is 12.5 Å². The highest BCUT2D eigenvalue weighted by molar-refractivity contribution is 5.96. The van der Waals surface area contributed by atoms with Gasteiger partial charge >= 0.3 is 18.2 Å². The van der Waals surface area contributed by atoms with E-state index in [1.54, 1.807) is 32.9 Å². The lowest BCUT2D eigenvalue weighted by molar-refractivity contribution is -0.152. The van der Waals surface area contributed by atoms with Crippen molar-refractivity contribution in [2.75, 3.05) is 47.8 Å². The number of amides is 3. The number of hydrogen-bond donors (Lipinski definition) is 2. The van der Waals surface area contributed by atoms with Crippen LogP contribution in [0.25, 0.3) is 0 Å². The molecule has 1 saturated heterocycles. The van der Waals surface area contributed by atoms with Gasteiger partial charge in [-0.05, 0) is 45.7 Å². The number of alkyl carbamates (subject to hydrolysis) is 1. The number of methoxy groups -OCH3 is 3. The number of benzene rings is 1. The van der Waals surface area contributed by atoms with Crippen molar-refractivity contribution in [2.24, 2.45) is 0 Å². The maximum Gasteiger partial charge on any atom is 0.412 e. The van der Waals surface area contributed by atoms with Gasteiger partial charge in [-0.15, -0.1) is 0 Å². The first-order valence-electron chi connectivity index (χ1n) is 12.1. The van der Waals surface area contributed by atoms with Crippen LogP contribution in [0, 0.1) is 0 Å². The van der Waals surface area contributed by atoms with Gasteiger partial charge in [0.15, 0.2) is 11.5 Å². The normalized spacial score (nSPS) is 15.1. The summed E-state index contributed by atoms with van der Waals surface area (Å²) >= 11 is 0. The zero-order chi connectivity index (χ0) is 28.3. The van der Waals surface area contributed by atoms with Crippen LogP contribution in [0.2, 0.25) is 0 Å². The first kappa shape index (κ1) is 30.3. The van der Waals surface area contributed by atoms with E-state index >= 15 is 0 Å². The number of rotatable bonds is 10. The molecule has 1 aliphatic rings. The van der Waals surface area contributed by atoms with Crippen molar-refractivity contribution in [1.29, 1.82) is 0 Å². The zero-order valence-electron chi connectivity index (χ0n) is 22.7. The third-order valence-corrected chi connectivity index (χ3v) is 5.34. The van der Waals surface area contributed by atoms with Gasteiger partial charge in [-0.2, -0.15) is 0 Å². The fourth-order valence-corrected chi connectivity index (χ4v) is 3.63. The number of piperidine rings is 1. The Morgan fingerprint density at radius 3 is 2.24 bits per heavy atom. The fraction of sp³-hybridized carbons (Fsp3) is 0.600. The maximum absolute atomic E-state index is 12.9. The van der Waals surface area contributed by atoms with Gasteiger partial charge in [0.05, 0.1) is 27.8 Å². The van der Waals surface area contributed by atoms with E-state index in [4.69, 9.17) is 28.4 Å². The summed E-state index contributed by atoms with van der Waals surface area (Å²) < 4.78 is 30.9. The van der Waals surface area contributed by atoms with Gasteiger partial charge in [-0.1, -0.05) is 0 Å². The smallest absolute Gasteiger partial charge is 0.412 e. The summed E-state index contributed by atoms with van der Waals surface area (Å²) in [4.78, 5) is 50.1. The van der Waals surface area contributed by atoms with Crippen LogP contribution in [-0.2, 0) is 19.0 Å². The zero-order valence-corrected chi connectivity index (χ0v) is 22.7. The van der Waals surface area contributed by atoms with Gasteiger partial charge in [-0.3, -0.25) is 9.59 Å². The summed E-state index contributed by atoms with van der Waals surface area (Å²) in [7, 11) is 4.39. The van der Waals surface area contributed by atoms with E-state index in [-0.39, 0.29) is 31.5 Å². The Kier molecular flexibility index (Phi) is 11.3. The average molecular weight is 540 g/mol. The van der Waals surface area contributed by atoms with Gasteiger partial charge in [0.1, 0.15) is 5.60 Å². The first-order chi connectivity index (χ1) is 18.0. The van der Waals surface area contributed by atoms with Crippen LogP contribution in [0.4, 0.5) is 9.59 Å². The molecule has 1 aromatic rings. The van der Waals surface area contributed by atoms with Crippen LogP contribution in [0.5, 0.6) is 17.2 Å². The topological polar surface area (TPSA) is 151 Å². The summed E-state index contributed by atoms with van der Waals surface area (Å²) in [5.74, 6) is 0.0570. The van der Waals surface area contributed by atoms with Crippen LogP contribution < -0.4 is 24.8 Å². The minimum absolute atomic E-state index is 0.0150. The number of likely N-dealkylation sites (tertiary alicyclic amines) is 1. The molecule has 0 saturated carbocycles. The Labute approximate surface area is 222 Å². The molecule has 2 rings (SSSR count). The van der Waals surface area contributed by atoms with Crippen LogP contribution >= 0.6 is 0 Å². The van der Waals surface area contributed by atoms with Crippen LogP contribution in [0.15, 0.2) is 12.1 Å². The molecule has 1 unspecified atom stereocenters. The molecule has 38 heavy (non-hydrogen) atoms. The summed E-state index contributed by atoms with van der Waals surface area (Å²) in [6.45, 7) is 5.28. The Hall–Kier alpha value is -3.90. The predicted molar refractivity (Wildman–Crippen MR) is 134 cm³/mol. The Balaban J connectivity index is 1.79. The van der Waals surface area contributed by atoms with E-state index in [0.29, 0.717) is 42.2 Å². The second kappa shape index (κ2) is 14.1. The SMILES string of the molecule is COc1cc(C(=O)NC2CCCN(C(=O)OCOC(=O)CCNC(=O)OC(C)(C)C)C2)cc(OC)c1OC. The lowest BCUT2D eigenvalue weighted by atomic mass is 10.1. The summed E-state index contributed by atoms with van der Waals surface area (Å²) in [6, 6.07) is 2.77. The van der Waals surface area contributed by atoms with E-state index < -0.39 is 30.5 Å². The first-order valence-corrected chi connectivity index (χ1v) is 12.1. The average Bonchev–Trinajstić information content (AvgIpc) is 2.86. The second-order valence-electron chi connectivity index (χ2n) is 9.40. The monoisotopic (exact) mass is 539 g/mol. The Bertz CT molecular complexity index is 967. The van der Waals surface area contributed by atoms with Crippen molar-refractivity contribution in [3.63, 3.8) is 0 Å². The number of ether oxygens (including phenoxy) is 6. The molecule has 212 valence electrons. The molecule has 1 atom stereocenters. The number of carbonyl (C=O) groups excluding carboxylic acids is 4. The van der Waals surface area contributed by atoms with Crippen LogP contribution in [-0.4, -0.2) is 88.4 Å². The molecule has 2 N–H and O–H groups in total. The largest absolute Gasteiger partial charge is 0.493 e. The summed E-state index contributed by atoms with van der Waals surface area (Å²) in [6.07, 6.45) is -0.120. The van der Waals surface area contributed by atoms with Crippen molar-refractivity contribution in [3.05, 3.63) is 17.7 Å². The molecular weight excluding hydrogens is 502 g/mol. The molecule has 3 amide bonds. The third-order valence-electron chi connectivity index (χ3n) is 5.34. The van der Waals surface area contributed by atoms with Crippen molar-refractivity contribution >= 4 is 24.1 Å². The number of carbonyl (C=O) groups is 4. The minimum Gasteiger partial charge on any atom is -0.493 e. The van der Waals surface area contributed by atoms with E-state index in [9.17, 15) is 19.2 Å². The summed E-state index contributed by atoms with van der Waals surface area (Å²) in [5, 5.41) is 5.35. The molecule has 0 spiro atoms. The maximum atomic E-state index is 12.9. The molecule has 1 aliphatic heterocycles. The van der Waals surface area contributed by atoms with Crippen LogP contribution in [0.1, 0.15) is 50.4 Å². The lowest BCUT2D eigenvalue weighted by Gasteiger charge is -2.32. The Morgan fingerprint density at radius 2 is 1.66 bits per heavy atom. The Morgan fingerprint density at radius 1 is 1.00 bits per heavy atom. The number of hydrogen-bond acceptors (Lipinski definition) is 10. The highest BCUT2D eigenvalue weighted by Crippen LogP contribution is 2.38. The molecular formula is C25H37N3O10. The predicted octanol–water partition coefficient (Wildman–Crippen LogP) is 2.46. The van der Waals surface area contributed by atoms with E-state index in [0.717, 1.165) is 0 Å². The highest BCUT2D eigenvalue weighted by atomic mass is 16.7.